The first-order valence-corrected chi connectivity index (χ1v) is 6.67. The Labute approximate surface area is 108 Å². The second-order valence-electron chi connectivity index (χ2n) is 4.81. The third-order valence-electron chi connectivity index (χ3n) is 3.37. The summed E-state index contributed by atoms with van der Waals surface area (Å²) in [7, 11) is 0. The largest absolute Gasteiger partial charge is 0.478 e. The van der Waals surface area contributed by atoms with Gasteiger partial charge in [0.05, 0.1) is 6.61 Å². The van der Waals surface area contributed by atoms with Crippen molar-refractivity contribution < 1.29 is 4.74 Å². The van der Waals surface area contributed by atoms with E-state index in [4.69, 9.17) is 10.5 Å². The van der Waals surface area contributed by atoms with Gasteiger partial charge in [-0.25, -0.2) is 4.98 Å². The van der Waals surface area contributed by atoms with Crippen LogP contribution in [-0.2, 0) is 0 Å². The van der Waals surface area contributed by atoms with Gasteiger partial charge in [-0.15, -0.1) is 0 Å². The van der Waals surface area contributed by atoms with Crippen molar-refractivity contribution in [3.63, 3.8) is 0 Å². The van der Waals surface area contributed by atoms with E-state index in [1.165, 1.54) is 12.8 Å². The van der Waals surface area contributed by atoms with Crippen molar-refractivity contribution in [2.24, 2.45) is 11.7 Å². The Morgan fingerprint density at radius 2 is 2.28 bits per heavy atom. The number of aromatic nitrogens is 2. The van der Waals surface area contributed by atoms with Gasteiger partial charge in [-0.1, -0.05) is 6.42 Å². The lowest BCUT2D eigenvalue weighted by Gasteiger charge is -2.16. The van der Waals surface area contributed by atoms with E-state index in [-0.39, 0.29) is 0 Å². The highest BCUT2D eigenvalue weighted by atomic mass is 16.5. The average Bonchev–Trinajstić information content (AvgIpc) is 2.72. The van der Waals surface area contributed by atoms with Crippen molar-refractivity contribution in [3.8, 4) is 5.88 Å². The second kappa shape index (κ2) is 6.00. The summed E-state index contributed by atoms with van der Waals surface area (Å²) in [6.07, 6.45) is 3.58. The van der Waals surface area contributed by atoms with Crippen LogP contribution in [0.3, 0.4) is 0 Å². The summed E-state index contributed by atoms with van der Waals surface area (Å²) in [4.78, 5) is 8.58. The molecule has 1 saturated carbocycles. The van der Waals surface area contributed by atoms with E-state index in [9.17, 15) is 0 Å². The predicted octanol–water partition coefficient (Wildman–Crippen LogP) is 1.72. The first-order chi connectivity index (χ1) is 8.69. The Morgan fingerprint density at radius 1 is 1.44 bits per heavy atom. The van der Waals surface area contributed by atoms with Crippen LogP contribution < -0.4 is 15.8 Å². The molecule has 3 N–H and O–H groups in total. The third-order valence-corrected chi connectivity index (χ3v) is 3.37. The van der Waals surface area contributed by atoms with Gasteiger partial charge in [0.1, 0.15) is 11.6 Å². The number of nitrogens with two attached hydrogens (primary N) is 1. The Bertz CT molecular complexity index is 397. The fraction of sp³-hybridized carbons (Fsp3) is 0.692. The number of ether oxygens (including phenoxy) is 1. The Morgan fingerprint density at radius 3 is 2.94 bits per heavy atom. The van der Waals surface area contributed by atoms with Crippen LogP contribution in [0.4, 0.5) is 5.82 Å². The third kappa shape index (κ3) is 3.32. The van der Waals surface area contributed by atoms with Crippen LogP contribution in [0.5, 0.6) is 5.88 Å². The van der Waals surface area contributed by atoms with Crippen LogP contribution in [0.2, 0.25) is 0 Å². The van der Waals surface area contributed by atoms with Gasteiger partial charge in [0, 0.05) is 18.7 Å². The normalized spacial score (nSPS) is 23.1. The lowest BCUT2D eigenvalue weighted by atomic mass is 10.1. The molecule has 0 radical (unpaired) electrons. The molecule has 0 saturated heterocycles. The topological polar surface area (TPSA) is 73.1 Å². The van der Waals surface area contributed by atoms with E-state index in [2.05, 4.69) is 15.3 Å². The van der Waals surface area contributed by atoms with Crippen LogP contribution >= 0.6 is 0 Å². The van der Waals surface area contributed by atoms with E-state index < -0.39 is 0 Å². The fourth-order valence-electron chi connectivity index (χ4n) is 2.41. The van der Waals surface area contributed by atoms with E-state index in [1.807, 2.05) is 19.9 Å². The molecule has 2 unspecified atom stereocenters. The molecule has 1 heterocycles. The van der Waals surface area contributed by atoms with Crippen molar-refractivity contribution in [3.05, 3.63) is 11.9 Å². The number of hydrogen-bond acceptors (Lipinski definition) is 5. The van der Waals surface area contributed by atoms with Crippen LogP contribution in [-0.4, -0.2) is 29.2 Å². The van der Waals surface area contributed by atoms with Crippen molar-refractivity contribution in [1.29, 1.82) is 0 Å². The zero-order valence-corrected chi connectivity index (χ0v) is 11.1. The first kappa shape index (κ1) is 13.1. The number of nitrogens with zero attached hydrogens (tertiary/aromatic N) is 2. The molecule has 0 amide bonds. The molecule has 1 fully saturated rings. The van der Waals surface area contributed by atoms with Crippen molar-refractivity contribution in [2.75, 3.05) is 18.5 Å². The predicted molar refractivity (Wildman–Crippen MR) is 71.7 cm³/mol. The maximum absolute atomic E-state index is 6.05. The summed E-state index contributed by atoms with van der Waals surface area (Å²) < 4.78 is 5.40. The molecule has 1 aliphatic rings. The molecule has 1 aliphatic carbocycles. The van der Waals surface area contributed by atoms with Crippen LogP contribution in [0.15, 0.2) is 6.07 Å². The number of hydrogen-bond donors (Lipinski definition) is 2. The summed E-state index contributed by atoms with van der Waals surface area (Å²) in [5.74, 6) is 2.73. The summed E-state index contributed by atoms with van der Waals surface area (Å²) in [5, 5.41) is 3.35. The minimum atomic E-state index is 0.326. The lowest BCUT2D eigenvalue weighted by molar-refractivity contribution is 0.325. The van der Waals surface area contributed by atoms with Crippen molar-refractivity contribution in [2.45, 2.75) is 39.2 Å². The summed E-state index contributed by atoms with van der Waals surface area (Å²) in [6, 6.07) is 2.17. The molecule has 0 spiro atoms. The average molecular weight is 250 g/mol. The Kier molecular flexibility index (Phi) is 4.36. The quantitative estimate of drug-likeness (QED) is 0.832. The first-order valence-electron chi connectivity index (χ1n) is 6.67. The highest BCUT2D eigenvalue weighted by Gasteiger charge is 2.23. The molecule has 0 aromatic carbocycles. The smallest absolute Gasteiger partial charge is 0.218 e. The van der Waals surface area contributed by atoms with Gasteiger partial charge < -0.3 is 15.8 Å². The molecule has 5 nitrogen and oxygen atoms in total. The molecule has 18 heavy (non-hydrogen) atoms. The highest BCUT2D eigenvalue weighted by molar-refractivity contribution is 5.38. The van der Waals surface area contributed by atoms with E-state index in [0.717, 1.165) is 24.6 Å². The summed E-state index contributed by atoms with van der Waals surface area (Å²) >= 11 is 0. The molecule has 2 rings (SSSR count). The maximum Gasteiger partial charge on any atom is 0.218 e. The monoisotopic (exact) mass is 250 g/mol. The van der Waals surface area contributed by atoms with Gasteiger partial charge in [-0.2, -0.15) is 4.98 Å². The molecule has 0 bridgehead atoms. The van der Waals surface area contributed by atoms with Crippen LogP contribution in [0.25, 0.3) is 0 Å². The molecular weight excluding hydrogens is 228 g/mol. The molecule has 1 aromatic rings. The summed E-state index contributed by atoms with van der Waals surface area (Å²) in [5.41, 5.74) is 6.05. The molecule has 0 aliphatic heterocycles. The van der Waals surface area contributed by atoms with E-state index in [1.54, 1.807) is 0 Å². The van der Waals surface area contributed by atoms with Crippen LogP contribution in [0.1, 0.15) is 32.0 Å². The van der Waals surface area contributed by atoms with Gasteiger partial charge in [0.15, 0.2) is 0 Å². The Hall–Kier alpha value is -1.36. The van der Waals surface area contributed by atoms with Crippen LogP contribution in [0, 0.1) is 12.8 Å². The molecule has 100 valence electrons. The number of nitrogens with one attached hydrogen (secondary N) is 1. The van der Waals surface area contributed by atoms with Gasteiger partial charge in [-0.3, -0.25) is 0 Å². The molecule has 5 heteroatoms. The summed E-state index contributed by atoms with van der Waals surface area (Å²) in [6.45, 7) is 5.31. The second-order valence-corrected chi connectivity index (χ2v) is 4.81. The number of anilines is 1. The minimum Gasteiger partial charge on any atom is -0.478 e. The minimum absolute atomic E-state index is 0.326. The lowest BCUT2D eigenvalue weighted by Crippen LogP contribution is -2.29. The standard InChI is InChI=1S/C13H22N4O/c1-3-18-13-7-12(16-9(2)17-13)15-8-10-5-4-6-11(10)14/h7,10-11H,3-6,8,14H2,1-2H3,(H,15,16,17). The van der Waals surface area contributed by atoms with Gasteiger partial charge in [0.2, 0.25) is 5.88 Å². The number of aryl methyl sites for hydroxylation is 1. The molecule has 2 atom stereocenters. The zero-order chi connectivity index (χ0) is 13.0. The molecular formula is C13H22N4O. The van der Waals surface area contributed by atoms with Crippen molar-refractivity contribution >= 4 is 5.82 Å². The van der Waals surface area contributed by atoms with Gasteiger partial charge in [-0.05, 0) is 32.6 Å². The fourth-order valence-corrected chi connectivity index (χ4v) is 2.41. The van der Waals surface area contributed by atoms with Crippen molar-refractivity contribution in [1.82, 2.24) is 9.97 Å². The maximum atomic E-state index is 6.05. The van der Waals surface area contributed by atoms with E-state index in [0.29, 0.717) is 24.4 Å². The van der Waals surface area contributed by atoms with E-state index >= 15 is 0 Å². The van der Waals surface area contributed by atoms with Gasteiger partial charge >= 0.3 is 0 Å². The highest BCUT2D eigenvalue weighted by Crippen LogP contribution is 2.24. The Balaban J connectivity index is 1.95. The molecule has 1 aromatic heterocycles. The number of rotatable bonds is 5. The van der Waals surface area contributed by atoms with Gasteiger partial charge in [0.25, 0.3) is 0 Å². The SMILES string of the molecule is CCOc1cc(NCC2CCCC2N)nc(C)n1. The zero-order valence-electron chi connectivity index (χ0n) is 11.1.